The zero-order valence-electron chi connectivity index (χ0n) is 15.6. The van der Waals surface area contributed by atoms with E-state index in [1.807, 2.05) is 69.2 Å². The second-order valence-electron chi connectivity index (χ2n) is 6.60. The van der Waals surface area contributed by atoms with Crippen LogP contribution in [0.15, 0.2) is 53.3 Å². The van der Waals surface area contributed by atoms with Crippen molar-refractivity contribution in [2.45, 2.75) is 19.9 Å². The van der Waals surface area contributed by atoms with E-state index >= 15 is 0 Å². The van der Waals surface area contributed by atoms with Gasteiger partial charge in [-0.1, -0.05) is 17.7 Å². The Hall–Kier alpha value is -2.86. The summed E-state index contributed by atoms with van der Waals surface area (Å²) < 4.78 is 7.26. The molecule has 0 spiro atoms. The predicted molar refractivity (Wildman–Crippen MR) is 101 cm³/mol. The number of aromatic nitrogens is 2. The van der Waals surface area contributed by atoms with Crippen LogP contribution in [0.3, 0.4) is 0 Å². The van der Waals surface area contributed by atoms with Gasteiger partial charge in [-0.2, -0.15) is 5.10 Å². The molecule has 0 aliphatic carbocycles. The first kappa shape index (κ1) is 17.9. The second kappa shape index (κ2) is 7.58. The lowest BCUT2D eigenvalue weighted by Gasteiger charge is -2.22. The van der Waals surface area contributed by atoms with Crippen LogP contribution >= 0.6 is 0 Å². The van der Waals surface area contributed by atoms with Crippen LogP contribution in [0.4, 0.5) is 0 Å². The molecule has 0 fully saturated rings. The molecule has 0 radical (unpaired) electrons. The van der Waals surface area contributed by atoms with E-state index in [4.69, 9.17) is 4.42 Å². The third-order valence-corrected chi connectivity index (χ3v) is 4.48. The van der Waals surface area contributed by atoms with Crippen molar-refractivity contribution in [2.75, 3.05) is 20.6 Å². The van der Waals surface area contributed by atoms with Gasteiger partial charge in [0.15, 0.2) is 0 Å². The van der Waals surface area contributed by atoms with Gasteiger partial charge < -0.3 is 9.73 Å². The van der Waals surface area contributed by atoms with Crippen LogP contribution in [0.1, 0.15) is 33.4 Å². The molecule has 1 unspecified atom stereocenters. The molecule has 1 atom stereocenters. The quantitative estimate of drug-likeness (QED) is 0.740. The summed E-state index contributed by atoms with van der Waals surface area (Å²) in [6, 6.07) is 11.8. The maximum atomic E-state index is 12.6. The number of aryl methyl sites for hydroxylation is 1. The maximum absolute atomic E-state index is 12.6. The van der Waals surface area contributed by atoms with Gasteiger partial charge >= 0.3 is 0 Å². The van der Waals surface area contributed by atoms with Gasteiger partial charge in [0, 0.05) is 6.54 Å². The molecular weight excluding hydrogens is 328 g/mol. The molecular formula is C20H24N4O2. The molecule has 0 saturated heterocycles. The summed E-state index contributed by atoms with van der Waals surface area (Å²) in [6.45, 7) is 4.39. The average molecular weight is 352 g/mol. The predicted octanol–water partition coefficient (Wildman–Crippen LogP) is 3.11. The number of benzene rings is 1. The molecule has 6 heteroatoms. The van der Waals surface area contributed by atoms with Gasteiger partial charge in [0.2, 0.25) is 0 Å². The van der Waals surface area contributed by atoms with Crippen LogP contribution in [0, 0.1) is 13.8 Å². The molecule has 2 aromatic heterocycles. The number of nitrogens with one attached hydrogen (secondary N) is 1. The van der Waals surface area contributed by atoms with Crippen LogP contribution in [-0.4, -0.2) is 41.2 Å². The summed E-state index contributed by atoms with van der Waals surface area (Å²) >= 11 is 0. The fourth-order valence-electron chi connectivity index (χ4n) is 2.88. The van der Waals surface area contributed by atoms with Crippen LogP contribution in [0.5, 0.6) is 0 Å². The number of furan rings is 1. The summed E-state index contributed by atoms with van der Waals surface area (Å²) in [7, 11) is 3.92. The van der Waals surface area contributed by atoms with Gasteiger partial charge in [-0.3, -0.25) is 9.69 Å². The Morgan fingerprint density at radius 3 is 2.58 bits per heavy atom. The van der Waals surface area contributed by atoms with Crippen molar-refractivity contribution < 1.29 is 9.21 Å². The van der Waals surface area contributed by atoms with Gasteiger partial charge in [-0.25, -0.2) is 4.68 Å². The fraction of sp³-hybridized carbons (Fsp3) is 0.300. The van der Waals surface area contributed by atoms with E-state index in [2.05, 4.69) is 10.4 Å². The van der Waals surface area contributed by atoms with E-state index in [0.717, 1.165) is 17.1 Å². The number of carbonyl (C=O) groups is 1. The Morgan fingerprint density at radius 1 is 1.23 bits per heavy atom. The largest absolute Gasteiger partial charge is 0.468 e. The monoisotopic (exact) mass is 352 g/mol. The number of nitrogens with zero attached hydrogens (tertiary/aromatic N) is 3. The number of rotatable bonds is 6. The van der Waals surface area contributed by atoms with E-state index in [1.165, 1.54) is 5.56 Å². The van der Waals surface area contributed by atoms with E-state index in [9.17, 15) is 4.79 Å². The van der Waals surface area contributed by atoms with Crippen molar-refractivity contribution in [3.63, 3.8) is 0 Å². The van der Waals surface area contributed by atoms with Crippen LogP contribution in [0.25, 0.3) is 5.69 Å². The van der Waals surface area contributed by atoms with E-state index in [-0.39, 0.29) is 11.9 Å². The number of amides is 1. The van der Waals surface area contributed by atoms with Crippen molar-refractivity contribution in [3.05, 3.63) is 71.4 Å². The first-order valence-corrected chi connectivity index (χ1v) is 8.57. The highest BCUT2D eigenvalue weighted by Gasteiger charge is 2.20. The zero-order valence-corrected chi connectivity index (χ0v) is 15.6. The minimum atomic E-state index is -0.140. The number of hydrogen-bond acceptors (Lipinski definition) is 4. The van der Waals surface area contributed by atoms with Crippen molar-refractivity contribution in [1.29, 1.82) is 0 Å². The molecule has 2 heterocycles. The molecule has 6 nitrogen and oxygen atoms in total. The zero-order chi connectivity index (χ0) is 18.7. The lowest BCUT2D eigenvalue weighted by molar-refractivity contribution is 0.0938. The van der Waals surface area contributed by atoms with Crippen molar-refractivity contribution >= 4 is 5.91 Å². The average Bonchev–Trinajstić information content (AvgIpc) is 3.25. The molecule has 0 aliphatic rings. The van der Waals surface area contributed by atoms with Crippen LogP contribution in [0.2, 0.25) is 0 Å². The molecule has 0 saturated carbocycles. The highest BCUT2D eigenvalue weighted by atomic mass is 16.3. The van der Waals surface area contributed by atoms with Gasteiger partial charge in [0.1, 0.15) is 5.76 Å². The third kappa shape index (κ3) is 3.70. The molecule has 1 amide bonds. The molecule has 1 aromatic carbocycles. The summed E-state index contributed by atoms with van der Waals surface area (Å²) in [6.07, 6.45) is 3.26. The first-order chi connectivity index (χ1) is 12.5. The maximum Gasteiger partial charge on any atom is 0.254 e. The Morgan fingerprint density at radius 2 is 1.96 bits per heavy atom. The summed E-state index contributed by atoms with van der Waals surface area (Å²) in [5.74, 6) is 0.682. The van der Waals surface area contributed by atoms with Gasteiger partial charge in [0.05, 0.1) is 35.4 Å². The second-order valence-corrected chi connectivity index (χ2v) is 6.60. The van der Waals surface area contributed by atoms with E-state index < -0.39 is 0 Å². The molecule has 0 aliphatic heterocycles. The van der Waals surface area contributed by atoms with E-state index in [0.29, 0.717) is 12.1 Å². The van der Waals surface area contributed by atoms with Gasteiger partial charge in [0.25, 0.3) is 5.91 Å². The Balaban J connectivity index is 1.73. The lowest BCUT2D eigenvalue weighted by Crippen LogP contribution is -2.34. The Kier molecular flexibility index (Phi) is 5.23. The highest BCUT2D eigenvalue weighted by Crippen LogP contribution is 2.19. The Labute approximate surface area is 153 Å². The number of hydrogen-bond donors (Lipinski definition) is 1. The normalized spacial score (nSPS) is 12.3. The van der Waals surface area contributed by atoms with Crippen molar-refractivity contribution in [2.24, 2.45) is 0 Å². The minimum absolute atomic E-state index is 0.0265. The number of likely N-dealkylation sites (N-methyl/N-ethyl adjacent to an activating group) is 1. The molecule has 136 valence electrons. The SMILES string of the molecule is Cc1ccc(-n2ncc(C(=O)NCC(c3ccco3)N(C)C)c2C)cc1. The molecule has 3 aromatic rings. The summed E-state index contributed by atoms with van der Waals surface area (Å²) in [5.41, 5.74) is 3.51. The third-order valence-electron chi connectivity index (χ3n) is 4.48. The molecule has 1 N–H and O–H groups in total. The number of carbonyl (C=O) groups excluding carboxylic acids is 1. The summed E-state index contributed by atoms with van der Waals surface area (Å²) in [4.78, 5) is 14.7. The van der Waals surface area contributed by atoms with Gasteiger partial charge in [-0.05, 0) is 52.2 Å². The fourth-order valence-corrected chi connectivity index (χ4v) is 2.88. The standard InChI is InChI=1S/C20H24N4O2/c1-14-7-9-16(10-8-14)24-15(2)17(12-22-24)20(25)21-13-18(23(3)4)19-6-5-11-26-19/h5-12,18H,13H2,1-4H3,(H,21,25). The van der Waals surface area contributed by atoms with Crippen molar-refractivity contribution in [3.8, 4) is 5.69 Å². The van der Waals surface area contributed by atoms with Crippen LogP contribution in [-0.2, 0) is 0 Å². The molecule has 0 bridgehead atoms. The topological polar surface area (TPSA) is 63.3 Å². The molecule has 3 rings (SSSR count). The highest BCUT2D eigenvalue weighted by molar-refractivity contribution is 5.95. The van der Waals surface area contributed by atoms with E-state index in [1.54, 1.807) is 17.1 Å². The smallest absolute Gasteiger partial charge is 0.254 e. The van der Waals surface area contributed by atoms with Crippen molar-refractivity contribution in [1.82, 2.24) is 20.0 Å². The Bertz CT molecular complexity index is 864. The lowest BCUT2D eigenvalue weighted by atomic mass is 10.2. The summed E-state index contributed by atoms with van der Waals surface area (Å²) in [5, 5.41) is 7.37. The van der Waals surface area contributed by atoms with Crippen LogP contribution < -0.4 is 5.32 Å². The molecule has 26 heavy (non-hydrogen) atoms. The first-order valence-electron chi connectivity index (χ1n) is 8.57. The van der Waals surface area contributed by atoms with Gasteiger partial charge in [-0.15, -0.1) is 0 Å². The minimum Gasteiger partial charge on any atom is -0.468 e.